The van der Waals surface area contributed by atoms with Gasteiger partial charge in [0.2, 0.25) is 0 Å². The molecule has 1 N–H and O–H groups in total. The molecule has 7 heteroatoms. The van der Waals surface area contributed by atoms with Gasteiger partial charge in [-0.1, -0.05) is 60.7 Å². The minimum absolute atomic E-state index is 0.199. The highest BCUT2D eigenvalue weighted by Crippen LogP contribution is 2.33. The number of benzene rings is 3. The van der Waals surface area contributed by atoms with Crippen LogP contribution in [0.3, 0.4) is 0 Å². The Morgan fingerprint density at radius 1 is 0.829 bits per heavy atom. The summed E-state index contributed by atoms with van der Waals surface area (Å²) in [6, 6.07) is 27.1. The number of amides is 3. The van der Waals surface area contributed by atoms with Gasteiger partial charge in [-0.25, -0.2) is 9.69 Å². The molecule has 180 valence electrons. The Morgan fingerprint density at radius 2 is 1.46 bits per heavy atom. The lowest BCUT2D eigenvalue weighted by atomic mass is 9.83. The van der Waals surface area contributed by atoms with Gasteiger partial charge in [0.1, 0.15) is 5.75 Å². The highest BCUT2D eigenvalue weighted by atomic mass is 16.5. The highest BCUT2D eigenvalue weighted by Gasteiger charge is 2.52. The van der Waals surface area contributed by atoms with E-state index in [1.807, 2.05) is 72.8 Å². The number of carbonyl (C=O) groups is 2. The van der Waals surface area contributed by atoms with Crippen LogP contribution < -0.4 is 15.0 Å². The summed E-state index contributed by atoms with van der Waals surface area (Å²) < 4.78 is 5.25. The number of carbonyl (C=O) groups excluding carboxylic acids is 2. The summed E-state index contributed by atoms with van der Waals surface area (Å²) in [5.74, 6) is 0.637. The molecule has 35 heavy (non-hydrogen) atoms. The first-order chi connectivity index (χ1) is 17.1. The third-order valence-corrected chi connectivity index (χ3v) is 6.91. The molecule has 0 bridgehead atoms. The van der Waals surface area contributed by atoms with Crippen LogP contribution in [0.25, 0.3) is 0 Å². The van der Waals surface area contributed by atoms with Crippen molar-refractivity contribution in [3.05, 3.63) is 96.1 Å². The number of hydrogen-bond donors (Lipinski definition) is 1. The molecule has 1 atom stereocenters. The number of piperazine rings is 1. The number of imide groups is 1. The molecule has 3 aromatic carbocycles. The zero-order valence-corrected chi connectivity index (χ0v) is 19.9. The standard InChI is InChI=1S/C28H30N4O3/c1-35-25-14-12-24(13-15-25)31-18-16-30(17-19-31)21-32-26(33)28(29-27(32)34,23-10-6-3-7-11-23)20-22-8-4-2-5-9-22/h2-15H,16-21H2,1H3,(H,29,34)/t28-/m0/s1. The lowest BCUT2D eigenvalue weighted by molar-refractivity contribution is -0.133. The number of anilines is 1. The van der Waals surface area contributed by atoms with Crippen LogP contribution in [-0.2, 0) is 16.8 Å². The topological polar surface area (TPSA) is 65.1 Å². The van der Waals surface area contributed by atoms with Crippen LogP contribution in [0.2, 0.25) is 0 Å². The third-order valence-electron chi connectivity index (χ3n) is 6.91. The molecule has 2 heterocycles. The first-order valence-electron chi connectivity index (χ1n) is 11.9. The minimum atomic E-state index is -1.11. The molecule has 3 aromatic rings. The molecule has 5 rings (SSSR count). The zero-order chi connectivity index (χ0) is 24.3. The van der Waals surface area contributed by atoms with E-state index in [1.165, 1.54) is 4.90 Å². The molecule has 0 radical (unpaired) electrons. The van der Waals surface area contributed by atoms with Gasteiger partial charge in [-0.3, -0.25) is 9.69 Å². The quantitative estimate of drug-likeness (QED) is 0.536. The summed E-state index contributed by atoms with van der Waals surface area (Å²) in [6.07, 6.45) is 0.407. The Kier molecular flexibility index (Phi) is 6.42. The van der Waals surface area contributed by atoms with Gasteiger partial charge in [-0.2, -0.15) is 0 Å². The predicted molar refractivity (Wildman–Crippen MR) is 135 cm³/mol. The van der Waals surface area contributed by atoms with Gasteiger partial charge in [0.05, 0.1) is 13.8 Å². The minimum Gasteiger partial charge on any atom is -0.497 e. The van der Waals surface area contributed by atoms with Crippen LogP contribution in [-0.4, -0.2) is 61.7 Å². The van der Waals surface area contributed by atoms with Crippen LogP contribution in [0, 0.1) is 0 Å². The Hall–Kier alpha value is -3.84. The van der Waals surface area contributed by atoms with Crippen LogP contribution >= 0.6 is 0 Å². The van der Waals surface area contributed by atoms with Crippen molar-refractivity contribution in [2.24, 2.45) is 0 Å². The molecule has 0 aromatic heterocycles. The molecule has 2 saturated heterocycles. The van der Waals surface area contributed by atoms with E-state index in [4.69, 9.17) is 4.74 Å². The molecule has 2 aliphatic rings. The van der Waals surface area contributed by atoms with Gasteiger partial charge < -0.3 is 15.0 Å². The second-order valence-electron chi connectivity index (χ2n) is 9.04. The molecule has 0 aliphatic carbocycles. The first-order valence-corrected chi connectivity index (χ1v) is 11.9. The monoisotopic (exact) mass is 470 g/mol. The number of nitrogens with zero attached hydrogens (tertiary/aromatic N) is 3. The van der Waals surface area contributed by atoms with Gasteiger partial charge in [-0.05, 0) is 35.4 Å². The van der Waals surface area contributed by atoms with Crippen molar-refractivity contribution >= 4 is 17.6 Å². The zero-order valence-electron chi connectivity index (χ0n) is 19.9. The lowest BCUT2D eigenvalue weighted by Gasteiger charge is -2.37. The van der Waals surface area contributed by atoms with Crippen molar-refractivity contribution in [1.82, 2.24) is 15.1 Å². The number of hydrogen-bond acceptors (Lipinski definition) is 5. The molecule has 0 saturated carbocycles. The summed E-state index contributed by atoms with van der Waals surface area (Å²) >= 11 is 0. The fourth-order valence-electron chi connectivity index (χ4n) is 4.94. The van der Waals surface area contributed by atoms with E-state index in [2.05, 4.69) is 27.2 Å². The molecular weight excluding hydrogens is 440 g/mol. The number of methoxy groups -OCH3 is 1. The van der Waals surface area contributed by atoms with Crippen LogP contribution in [0.1, 0.15) is 11.1 Å². The summed E-state index contributed by atoms with van der Waals surface area (Å²) in [5, 5.41) is 3.06. The fourth-order valence-corrected chi connectivity index (χ4v) is 4.94. The van der Waals surface area contributed by atoms with Crippen LogP contribution in [0.5, 0.6) is 5.75 Å². The second kappa shape index (κ2) is 9.80. The van der Waals surface area contributed by atoms with E-state index in [0.29, 0.717) is 6.42 Å². The largest absolute Gasteiger partial charge is 0.497 e. The van der Waals surface area contributed by atoms with E-state index >= 15 is 0 Å². The van der Waals surface area contributed by atoms with Crippen molar-refractivity contribution in [3.63, 3.8) is 0 Å². The first kappa shape index (κ1) is 22.9. The van der Waals surface area contributed by atoms with Crippen molar-refractivity contribution in [3.8, 4) is 5.75 Å². The third kappa shape index (κ3) is 4.59. The summed E-state index contributed by atoms with van der Waals surface area (Å²) in [4.78, 5) is 32.8. The maximum absolute atomic E-state index is 13.9. The molecular formula is C28H30N4O3. The molecule has 3 amide bonds. The Bertz CT molecular complexity index is 1160. The fraction of sp³-hybridized carbons (Fsp3) is 0.286. The molecule has 0 spiro atoms. The number of nitrogens with one attached hydrogen (secondary N) is 1. The smallest absolute Gasteiger partial charge is 0.326 e. The van der Waals surface area contributed by atoms with E-state index in [-0.39, 0.29) is 18.6 Å². The van der Waals surface area contributed by atoms with Crippen LogP contribution in [0.4, 0.5) is 10.5 Å². The molecule has 2 aliphatic heterocycles. The van der Waals surface area contributed by atoms with Crippen molar-refractivity contribution in [2.75, 3.05) is 44.9 Å². The number of rotatable bonds is 7. The molecule has 0 unspecified atom stereocenters. The lowest BCUT2D eigenvalue weighted by Crippen LogP contribution is -2.52. The summed E-state index contributed by atoms with van der Waals surface area (Å²) in [7, 11) is 1.66. The molecule has 7 nitrogen and oxygen atoms in total. The van der Waals surface area contributed by atoms with Gasteiger partial charge in [0.25, 0.3) is 5.91 Å². The Labute approximate surface area is 205 Å². The second-order valence-corrected chi connectivity index (χ2v) is 9.04. The van der Waals surface area contributed by atoms with Crippen molar-refractivity contribution in [1.29, 1.82) is 0 Å². The van der Waals surface area contributed by atoms with Crippen molar-refractivity contribution < 1.29 is 14.3 Å². The Balaban J connectivity index is 1.30. The normalized spacial score (nSPS) is 20.7. The predicted octanol–water partition coefficient (Wildman–Crippen LogP) is 3.46. The van der Waals surface area contributed by atoms with Gasteiger partial charge in [0, 0.05) is 38.3 Å². The van der Waals surface area contributed by atoms with E-state index in [1.54, 1.807) is 7.11 Å². The summed E-state index contributed by atoms with van der Waals surface area (Å²) in [6.45, 7) is 3.46. The Morgan fingerprint density at radius 3 is 2.09 bits per heavy atom. The van der Waals surface area contributed by atoms with E-state index < -0.39 is 5.54 Å². The van der Waals surface area contributed by atoms with Gasteiger partial charge in [-0.15, -0.1) is 0 Å². The SMILES string of the molecule is COc1ccc(N2CCN(CN3C(=O)N[C@@](Cc4ccccc4)(c4ccccc4)C3=O)CC2)cc1. The number of ether oxygens (including phenoxy) is 1. The average Bonchev–Trinajstić information content (AvgIpc) is 3.15. The van der Waals surface area contributed by atoms with Crippen LogP contribution in [0.15, 0.2) is 84.9 Å². The van der Waals surface area contributed by atoms with Gasteiger partial charge in [0.15, 0.2) is 5.54 Å². The van der Waals surface area contributed by atoms with E-state index in [0.717, 1.165) is 48.7 Å². The maximum atomic E-state index is 13.9. The summed E-state index contributed by atoms with van der Waals surface area (Å²) in [5.41, 5.74) is 1.84. The number of urea groups is 1. The van der Waals surface area contributed by atoms with Gasteiger partial charge >= 0.3 is 6.03 Å². The van der Waals surface area contributed by atoms with Crippen molar-refractivity contribution in [2.45, 2.75) is 12.0 Å². The maximum Gasteiger partial charge on any atom is 0.326 e. The molecule has 2 fully saturated rings. The average molecular weight is 471 g/mol. The highest BCUT2D eigenvalue weighted by molar-refractivity contribution is 6.07. The van der Waals surface area contributed by atoms with E-state index in [9.17, 15) is 9.59 Å².